The number of hydrogen-bond donors (Lipinski definition) is 1. The minimum Gasteiger partial charge on any atom is -0.494 e. The van der Waals surface area contributed by atoms with Crippen LogP contribution in [-0.4, -0.2) is 86.6 Å². The van der Waals surface area contributed by atoms with Gasteiger partial charge in [0.25, 0.3) is 0 Å². The van der Waals surface area contributed by atoms with Crippen LogP contribution >= 0.6 is 11.8 Å². The van der Waals surface area contributed by atoms with Crippen molar-refractivity contribution in [1.82, 2.24) is 9.80 Å². The molecular formula is C37H55N3O5S. The lowest BCUT2D eigenvalue weighted by Crippen LogP contribution is -2.62. The Morgan fingerprint density at radius 1 is 1.11 bits per heavy atom. The van der Waals surface area contributed by atoms with Gasteiger partial charge in [0, 0.05) is 29.6 Å². The Morgan fingerprint density at radius 2 is 1.74 bits per heavy atom. The predicted molar refractivity (Wildman–Crippen MR) is 187 cm³/mol. The third kappa shape index (κ3) is 6.51. The number of aliphatic hydroxyl groups excluding tert-OH is 1. The maximum atomic E-state index is 15.1. The third-order valence-electron chi connectivity index (χ3n) is 9.88. The fourth-order valence-electron chi connectivity index (χ4n) is 8.46. The summed E-state index contributed by atoms with van der Waals surface area (Å²) in [5.74, 6) is -1.09. The number of benzene rings is 1. The van der Waals surface area contributed by atoms with Gasteiger partial charge < -0.3 is 24.5 Å². The molecule has 0 aromatic heterocycles. The summed E-state index contributed by atoms with van der Waals surface area (Å²) < 4.78 is 4.85. The second kappa shape index (κ2) is 13.8. The zero-order valence-corrected chi connectivity index (χ0v) is 29.9. The number of carbonyl (C=O) groups is 3. The van der Waals surface area contributed by atoms with Crippen molar-refractivity contribution in [2.45, 2.75) is 102 Å². The summed E-state index contributed by atoms with van der Waals surface area (Å²) in [6.07, 6.45) is 5.61. The highest BCUT2D eigenvalue weighted by atomic mass is 32.2. The van der Waals surface area contributed by atoms with Crippen molar-refractivity contribution in [3.8, 4) is 5.75 Å². The molecule has 9 heteroatoms. The number of amides is 3. The molecule has 3 saturated heterocycles. The number of hydrogen-bond acceptors (Lipinski definition) is 6. The van der Waals surface area contributed by atoms with E-state index in [1.165, 1.54) is 0 Å². The molecule has 2 unspecified atom stereocenters. The van der Waals surface area contributed by atoms with Gasteiger partial charge in [-0.3, -0.25) is 14.4 Å². The van der Waals surface area contributed by atoms with Gasteiger partial charge in [0.15, 0.2) is 0 Å². The van der Waals surface area contributed by atoms with E-state index in [1.54, 1.807) is 33.7 Å². The van der Waals surface area contributed by atoms with Crippen LogP contribution in [0, 0.1) is 23.2 Å². The van der Waals surface area contributed by atoms with Crippen molar-refractivity contribution in [3.63, 3.8) is 0 Å². The number of ether oxygens (including phenoxy) is 1. The van der Waals surface area contributed by atoms with Crippen LogP contribution in [0.25, 0.3) is 0 Å². The van der Waals surface area contributed by atoms with Gasteiger partial charge in [-0.05, 0) is 75.6 Å². The average Bonchev–Trinajstić information content (AvgIpc) is 3.61. The van der Waals surface area contributed by atoms with Crippen LogP contribution in [-0.2, 0) is 14.4 Å². The zero-order chi connectivity index (χ0) is 34.2. The number of fused-ring (bicyclic) bond motifs is 1. The van der Waals surface area contributed by atoms with Crippen LogP contribution in [0.3, 0.4) is 0 Å². The molecule has 2 bridgehead atoms. The Morgan fingerprint density at radius 3 is 2.26 bits per heavy atom. The van der Waals surface area contributed by atoms with Crippen molar-refractivity contribution >= 4 is 35.2 Å². The number of likely N-dealkylation sites (tertiary alicyclic amines) is 1. The number of anilines is 1. The number of aliphatic hydroxyl groups is 1. The standard InChI is InChI=1S/C37H55N3O5S/c1-11-20-38(25-14-16-26(17-15-25)45-13-3)32(42)29-28-18-19-37(46-28)30(29)33(43)40(27(22-41)24(4)5)31(37)34(44)39(21-12-2)36(9,10)23-35(6,7)8/h11-12,14-17,24,27-31,41H,1-2,13,18-23H2,3-10H3/t27-,28+,29-,30-,31?,37?/m0/s1. The minimum atomic E-state index is -0.796. The molecule has 0 aliphatic carbocycles. The Balaban J connectivity index is 1.81. The number of carbonyl (C=O) groups excluding carboxylic acids is 3. The highest BCUT2D eigenvalue weighted by molar-refractivity contribution is 8.02. The van der Waals surface area contributed by atoms with Gasteiger partial charge in [-0.25, -0.2) is 0 Å². The van der Waals surface area contributed by atoms with Crippen LogP contribution in [0.5, 0.6) is 5.75 Å². The summed E-state index contributed by atoms with van der Waals surface area (Å²) in [5.41, 5.74) is 0.139. The van der Waals surface area contributed by atoms with Gasteiger partial charge >= 0.3 is 0 Å². The highest BCUT2D eigenvalue weighted by Crippen LogP contribution is 2.67. The number of nitrogens with zero attached hydrogens (tertiary/aromatic N) is 3. The van der Waals surface area contributed by atoms with E-state index in [-0.39, 0.29) is 40.9 Å². The van der Waals surface area contributed by atoms with Gasteiger partial charge in [0.1, 0.15) is 11.8 Å². The number of thioether (sulfide) groups is 1. The molecule has 3 aliphatic rings. The van der Waals surface area contributed by atoms with E-state index in [9.17, 15) is 14.7 Å². The Kier molecular flexibility index (Phi) is 10.8. The molecule has 3 fully saturated rings. The SMILES string of the molecule is C=CCN(C(=O)[C@@H]1[C@H]2C(=O)N([C@@H](CO)C(C)C)C(C(=O)N(CC=C)C(C)(C)CC(C)(C)C)C23CC[C@H]1S3)c1ccc(OCC)cc1. The molecule has 1 aromatic rings. The smallest absolute Gasteiger partial charge is 0.247 e. The van der Waals surface area contributed by atoms with E-state index < -0.39 is 34.2 Å². The monoisotopic (exact) mass is 653 g/mol. The van der Waals surface area contributed by atoms with E-state index >= 15 is 4.79 Å². The maximum absolute atomic E-state index is 15.1. The minimum absolute atomic E-state index is 0.0473. The molecule has 0 saturated carbocycles. The lowest BCUT2D eigenvalue weighted by atomic mass is 9.70. The summed E-state index contributed by atoms with van der Waals surface area (Å²) in [6.45, 7) is 25.3. The fourth-order valence-corrected chi connectivity index (χ4v) is 10.6. The Labute approximate surface area is 280 Å². The Hall–Kier alpha value is -2.78. The maximum Gasteiger partial charge on any atom is 0.247 e. The van der Waals surface area contributed by atoms with Gasteiger partial charge in [0.2, 0.25) is 17.7 Å². The second-order valence-electron chi connectivity index (χ2n) is 15.2. The topological polar surface area (TPSA) is 90.4 Å². The van der Waals surface area contributed by atoms with Crippen LogP contribution in [0.2, 0.25) is 0 Å². The lowest BCUT2D eigenvalue weighted by Gasteiger charge is -2.47. The zero-order valence-electron chi connectivity index (χ0n) is 29.1. The summed E-state index contributed by atoms with van der Waals surface area (Å²) in [7, 11) is 0. The molecule has 0 radical (unpaired) electrons. The van der Waals surface area contributed by atoms with Crippen LogP contribution in [0.15, 0.2) is 49.6 Å². The van der Waals surface area contributed by atoms with Gasteiger partial charge in [0.05, 0.1) is 35.8 Å². The molecule has 4 rings (SSSR count). The van der Waals surface area contributed by atoms with E-state index in [1.807, 2.05) is 49.9 Å². The first kappa shape index (κ1) is 36.1. The molecule has 1 aromatic carbocycles. The van der Waals surface area contributed by atoms with Crippen molar-refractivity contribution in [1.29, 1.82) is 0 Å². The first-order valence-electron chi connectivity index (χ1n) is 16.8. The van der Waals surface area contributed by atoms with Crippen molar-refractivity contribution < 1.29 is 24.2 Å². The molecule has 46 heavy (non-hydrogen) atoms. The van der Waals surface area contributed by atoms with Crippen LogP contribution in [0.1, 0.15) is 74.7 Å². The average molecular weight is 654 g/mol. The van der Waals surface area contributed by atoms with Crippen LogP contribution in [0.4, 0.5) is 5.69 Å². The molecule has 3 heterocycles. The van der Waals surface area contributed by atoms with E-state index in [0.29, 0.717) is 31.8 Å². The molecule has 3 amide bonds. The quantitative estimate of drug-likeness (QED) is 0.250. The summed E-state index contributed by atoms with van der Waals surface area (Å²) in [4.78, 5) is 49.8. The van der Waals surface area contributed by atoms with Crippen molar-refractivity contribution in [3.05, 3.63) is 49.6 Å². The third-order valence-corrected chi connectivity index (χ3v) is 11.8. The number of rotatable bonds is 14. The van der Waals surface area contributed by atoms with Gasteiger partial charge in [-0.15, -0.1) is 24.9 Å². The molecular weight excluding hydrogens is 598 g/mol. The molecule has 3 aliphatic heterocycles. The second-order valence-corrected chi connectivity index (χ2v) is 16.8. The summed E-state index contributed by atoms with van der Waals surface area (Å²) in [6, 6.07) is 6.07. The molecule has 1 spiro atoms. The van der Waals surface area contributed by atoms with E-state index in [4.69, 9.17) is 4.74 Å². The molecule has 8 nitrogen and oxygen atoms in total. The normalized spacial score (nSPS) is 26.2. The van der Waals surface area contributed by atoms with E-state index in [0.717, 1.165) is 18.6 Å². The first-order valence-corrected chi connectivity index (χ1v) is 17.6. The van der Waals surface area contributed by atoms with Crippen molar-refractivity contribution in [2.24, 2.45) is 23.2 Å². The molecule has 6 atom stereocenters. The Bertz CT molecular complexity index is 1300. The van der Waals surface area contributed by atoms with Gasteiger partial charge in [-0.2, -0.15) is 0 Å². The summed E-state index contributed by atoms with van der Waals surface area (Å²) in [5, 5.41) is 10.6. The van der Waals surface area contributed by atoms with E-state index in [2.05, 4.69) is 47.8 Å². The van der Waals surface area contributed by atoms with Crippen molar-refractivity contribution in [2.75, 3.05) is 31.2 Å². The predicted octanol–water partition coefficient (Wildman–Crippen LogP) is 5.94. The van der Waals surface area contributed by atoms with Gasteiger partial charge in [-0.1, -0.05) is 46.8 Å². The fraction of sp³-hybridized carbons (Fsp3) is 0.649. The first-order chi connectivity index (χ1) is 21.6. The lowest BCUT2D eigenvalue weighted by molar-refractivity contribution is -0.150. The van der Waals surface area contributed by atoms with Crippen LogP contribution < -0.4 is 9.64 Å². The molecule has 1 N–H and O–H groups in total. The highest BCUT2D eigenvalue weighted by Gasteiger charge is 2.75. The molecule has 254 valence electrons. The summed E-state index contributed by atoms with van der Waals surface area (Å²) >= 11 is 1.66. The largest absolute Gasteiger partial charge is 0.494 e.